The van der Waals surface area contributed by atoms with Gasteiger partial charge in [-0.05, 0) is 63.2 Å². The van der Waals surface area contributed by atoms with Crippen molar-refractivity contribution in [3.05, 3.63) is 29.6 Å². The van der Waals surface area contributed by atoms with Gasteiger partial charge in [-0.2, -0.15) is 5.10 Å². The number of piperidine rings is 1. The lowest BCUT2D eigenvalue weighted by molar-refractivity contribution is -0.118. The zero-order chi connectivity index (χ0) is 19.4. The van der Waals surface area contributed by atoms with Gasteiger partial charge in [0, 0.05) is 17.9 Å². The van der Waals surface area contributed by atoms with Crippen molar-refractivity contribution in [3.63, 3.8) is 0 Å². The first-order chi connectivity index (χ1) is 12.9. The average molecular weight is 371 g/mol. The number of H-pyrrole nitrogens is 1. The van der Waals surface area contributed by atoms with Crippen LogP contribution in [0.15, 0.2) is 18.2 Å². The van der Waals surface area contributed by atoms with E-state index in [1.165, 1.54) is 0 Å². The number of benzene rings is 1. The molecule has 1 aromatic carbocycles. The second-order valence-corrected chi connectivity index (χ2v) is 7.61. The number of aromatic nitrogens is 3. The number of amides is 1. The molecule has 0 spiro atoms. The van der Waals surface area contributed by atoms with Crippen molar-refractivity contribution in [1.29, 1.82) is 0 Å². The summed E-state index contributed by atoms with van der Waals surface area (Å²) in [5.41, 5.74) is 2.69. The van der Waals surface area contributed by atoms with Crippen LogP contribution in [-0.2, 0) is 4.79 Å². The van der Waals surface area contributed by atoms with E-state index in [2.05, 4.69) is 32.3 Å². The van der Waals surface area contributed by atoms with Crippen LogP contribution in [0.5, 0.6) is 0 Å². The van der Waals surface area contributed by atoms with E-state index in [1.807, 2.05) is 32.0 Å². The molecule has 1 fully saturated rings. The topological polar surface area (TPSA) is 94.1 Å². The fraction of sp³-hybridized carbons (Fsp3) is 0.550. The number of nitrogens with one attached hydrogen (secondary N) is 2. The van der Waals surface area contributed by atoms with Crippen LogP contribution in [0, 0.1) is 19.3 Å². The highest BCUT2D eigenvalue weighted by Gasteiger charge is 2.32. The summed E-state index contributed by atoms with van der Waals surface area (Å²) in [6, 6.07) is 5.84. The van der Waals surface area contributed by atoms with Crippen molar-refractivity contribution < 1.29 is 9.90 Å². The molecule has 2 heterocycles. The monoisotopic (exact) mass is 371 g/mol. The summed E-state index contributed by atoms with van der Waals surface area (Å²) < 4.78 is 0. The van der Waals surface area contributed by atoms with E-state index in [-0.39, 0.29) is 17.9 Å². The number of aliphatic hydroxyl groups excluding tert-OH is 1. The molecule has 3 N–H and O–H groups in total. The maximum Gasteiger partial charge on any atom is 0.238 e. The van der Waals surface area contributed by atoms with E-state index >= 15 is 0 Å². The number of anilines is 1. The number of likely N-dealkylation sites (tertiary alicyclic amines) is 1. The molecule has 0 atom stereocenters. The molecule has 1 aliphatic rings. The van der Waals surface area contributed by atoms with Crippen LogP contribution in [0.1, 0.15) is 37.6 Å². The summed E-state index contributed by atoms with van der Waals surface area (Å²) in [7, 11) is 0. The molecular formula is C20H29N5O2. The fourth-order valence-corrected chi connectivity index (χ4v) is 3.57. The lowest BCUT2D eigenvalue weighted by Gasteiger charge is -2.39. The largest absolute Gasteiger partial charge is 0.396 e. The van der Waals surface area contributed by atoms with Gasteiger partial charge in [-0.25, -0.2) is 4.98 Å². The Labute approximate surface area is 160 Å². The minimum atomic E-state index is -0.0191. The number of aromatic amines is 1. The highest BCUT2D eigenvalue weighted by molar-refractivity contribution is 5.93. The van der Waals surface area contributed by atoms with Crippen molar-refractivity contribution in [2.45, 2.75) is 40.0 Å². The molecule has 3 rings (SSSR count). The molecule has 0 unspecified atom stereocenters. The second-order valence-electron chi connectivity index (χ2n) is 7.61. The van der Waals surface area contributed by atoms with E-state index in [4.69, 9.17) is 0 Å². The third-order valence-corrected chi connectivity index (χ3v) is 5.74. The Balaban J connectivity index is 1.61. The van der Waals surface area contributed by atoms with E-state index in [0.29, 0.717) is 12.4 Å². The Kier molecular flexibility index (Phi) is 5.92. The minimum absolute atomic E-state index is 0.0191. The average Bonchev–Trinajstić information content (AvgIpc) is 3.11. The van der Waals surface area contributed by atoms with Crippen molar-refractivity contribution in [2.75, 3.05) is 31.6 Å². The van der Waals surface area contributed by atoms with Crippen molar-refractivity contribution >= 4 is 11.6 Å². The highest BCUT2D eigenvalue weighted by atomic mass is 16.3. The molecule has 146 valence electrons. The van der Waals surface area contributed by atoms with Gasteiger partial charge in [0.1, 0.15) is 5.82 Å². The first-order valence-electron chi connectivity index (χ1n) is 9.58. The van der Waals surface area contributed by atoms with Gasteiger partial charge in [0.25, 0.3) is 0 Å². The number of aliphatic hydroxyl groups is 1. The van der Waals surface area contributed by atoms with Crippen LogP contribution in [-0.4, -0.2) is 57.3 Å². The van der Waals surface area contributed by atoms with Crippen LogP contribution in [0.3, 0.4) is 0 Å². The number of hydrogen-bond acceptors (Lipinski definition) is 5. The van der Waals surface area contributed by atoms with Gasteiger partial charge < -0.3 is 10.4 Å². The smallest absolute Gasteiger partial charge is 0.238 e. The normalized spacial score (nSPS) is 17.0. The molecule has 7 nitrogen and oxygen atoms in total. The van der Waals surface area contributed by atoms with E-state index in [1.54, 1.807) is 0 Å². The summed E-state index contributed by atoms with van der Waals surface area (Å²) in [6.07, 6.45) is 2.86. The molecule has 2 aromatic rings. The third kappa shape index (κ3) is 4.54. The quantitative estimate of drug-likeness (QED) is 0.725. The van der Waals surface area contributed by atoms with Crippen molar-refractivity contribution in [3.8, 4) is 11.4 Å². The number of hydrogen-bond donors (Lipinski definition) is 3. The van der Waals surface area contributed by atoms with Gasteiger partial charge in [0.2, 0.25) is 5.91 Å². The standard InChI is InChI=1S/C20H29N5O2/c1-4-20(13-26)7-9-25(10-8-20)12-18(27)22-17-11-16(6-5-14(17)2)19-21-15(3)23-24-19/h5-6,11,26H,4,7-10,12-13H2,1-3H3,(H,22,27)(H,21,23,24). The molecule has 1 aliphatic heterocycles. The lowest BCUT2D eigenvalue weighted by atomic mass is 9.77. The summed E-state index contributed by atoms with van der Waals surface area (Å²) in [5.74, 6) is 1.36. The number of rotatable bonds is 6. The number of nitrogens with zero attached hydrogens (tertiary/aromatic N) is 3. The van der Waals surface area contributed by atoms with Crippen LogP contribution < -0.4 is 5.32 Å². The van der Waals surface area contributed by atoms with Crippen molar-refractivity contribution in [2.24, 2.45) is 5.41 Å². The molecule has 0 radical (unpaired) electrons. The zero-order valence-corrected chi connectivity index (χ0v) is 16.4. The van der Waals surface area contributed by atoms with Gasteiger partial charge in [-0.3, -0.25) is 14.8 Å². The number of aryl methyl sites for hydroxylation is 2. The molecule has 1 aromatic heterocycles. The van der Waals surface area contributed by atoms with Crippen LogP contribution in [0.4, 0.5) is 5.69 Å². The summed E-state index contributed by atoms with van der Waals surface area (Å²) in [6.45, 7) is 8.25. The molecule has 0 aliphatic carbocycles. The van der Waals surface area contributed by atoms with Crippen LogP contribution in [0.25, 0.3) is 11.4 Å². The van der Waals surface area contributed by atoms with Gasteiger partial charge in [0.15, 0.2) is 5.82 Å². The Morgan fingerprint density at radius 3 is 2.67 bits per heavy atom. The molecule has 0 saturated carbocycles. The van der Waals surface area contributed by atoms with E-state index in [9.17, 15) is 9.90 Å². The van der Waals surface area contributed by atoms with E-state index < -0.39 is 0 Å². The van der Waals surface area contributed by atoms with Crippen LogP contribution >= 0.6 is 0 Å². The summed E-state index contributed by atoms with van der Waals surface area (Å²) >= 11 is 0. The van der Waals surface area contributed by atoms with Crippen molar-refractivity contribution in [1.82, 2.24) is 20.1 Å². The Hall–Kier alpha value is -2.25. The Morgan fingerprint density at radius 2 is 2.07 bits per heavy atom. The van der Waals surface area contributed by atoms with Gasteiger partial charge in [-0.1, -0.05) is 19.1 Å². The summed E-state index contributed by atoms with van der Waals surface area (Å²) in [4.78, 5) is 19.1. The minimum Gasteiger partial charge on any atom is -0.396 e. The first kappa shape index (κ1) is 19.5. The Morgan fingerprint density at radius 1 is 1.33 bits per heavy atom. The Bertz CT molecular complexity index is 787. The molecule has 0 bridgehead atoms. The number of carbonyl (C=O) groups excluding carboxylic acids is 1. The van der Waals surface area contributed by atoms with Gasteiger partial charge in [0.05, 0.1) is 6.54 Å². The molecular weight excluding hydrogens is 342 g/mol. The zero-order valence-electron chi connectivity index (χ0n) is 16.4. The maximum absolute atomic E-state index is 12.5. The van der Waals surface area contributed by atoms with Crippen LogP contribution in [0.2, 0.25) is 0 Å². The fourth-order valence-electron chi connectivity index (χ4n) is 3.57. The number of carbonyl (C=O) groups is 1. The first-order valence-corrected chi connectivity index (χ1v) is 9.58. The molecule has 1 amide bonds. The lowest BCUT2D eigenvalue weighted by Crippen LogP contribution is -2.44. The molecule has 1 saturated heterocycles. The predicted molar refractivity (Wildman–Crippen MR) is 105 cm³/mol. The maximum atomic E-state index is 12.5. The SMILES string of the molecule is CCC1(CO)CCN(CC(=O)Nc2cc(-c3n[nH]c(C)n3)ccc2C)CC1. The third-order valence-electron chi connectivity index (χ3n) is 5.74. The van der Waals surface area contributed by atoms with Gasteiger partial charge in [-0.15, -0.1) is 0 Å². The van der Waals surface area contributed by atoms with Gasteiger partial charge >= 0.3 is 0 Å². The molecule has 7 heteroatoms. The second kappa shape index (κ2) is 8.19. The molecule has 27 heavy (non-hydrogen) atoms. The predicted octanol–water partition coefficient (Wildman–Crippen LogP) is 2.51. The van der Waals surface area contributed by atoms with E-state index in [0.717, 1.165) is 55.0 Å². The highest BCUT2D eigenvalue weighted by Crippen LogP contribution is 2.34. The summed E-state index contributed by atoms with van der Waals surface area (Å²) in [5, 5.41) is 19.7.